The van der Waals surface area contributed by atoms with E-state index in [-0.39, 0.29) is 23.9 Å². The summed E-state index contributed by atoms with van der Waals surface area (Å²) in [5, 5.41) is 6.24. The van der Waals surface area contributed by atoms with E-state index in [1.807, 2.05) is 72.8 Å². The van der Waals surface area contributed by atoms with Gasteiger partial charge in [0.2, 0.25) is 0 Å². The number of imidazole rings is 1. The molecule has 2 aliphatic rings. The Bertz CT molecular complexity index is 2650. The summed E-state index contributed by atoms with van der Waals surface area (Å²) in [6, 6.07) is 27.9. The highest BCUT2D eigenvalue weighted by Crippen LogP contribution is 2.36. The van der Waals surface area contributed by atoms with Crippen molar-refractivity contribution in [3.8, 4) is 22.4 Å². The molecule has 4 atom stereocenters. The van der Waals surface area contributed by atoms with Gasteiger partial charge in [0.1, 0.15) is 23.6 Å². The zero-order valence-electron chi connectivity index (χ0n) is 34.1. The van der Waals surface area contributed by atoms with Crippen LogP contribution in [0.5, 0.6) is 0 Å². The second-order valence-electron chi connectivity index (χ2n) is 15.3. The summed E-state index contributed by atoms with van der Waals surface area (Å²) >= 11 is 0. The fourth-order valence-electron chi connectivity index (χ4n) is 8.49. The zero-order chi connectivity index (χ0) is 42.7. The van der Waals surface area contributed by atoms with E-state index in [1.54, 1.807) is 46.5 Å². The molecule has 4 N–H and O–H groups in total. The van der Waals surface area contributed by atoms with Crippen LogP contribution in [0.15, 0.2) is 109 Å². The van der Waals surface area contributed by atoms with Crippen LogP contribution in [0.3, 0.4) is 0 Å². The summed E-state index contributed by atoms with van der Waals surface area (Å²) in [6.07, 6.45) is 5.15. The van der Waals surface area contributed by atoms with Crippen molar-refractivity contribution in [2.24, 2.45) is 0 Å². The number of aromatic amines is 2. The van der Waals surface area contributed by atoms with Crippen molar-refractivity contribution >= 4 is 46.2 Å². The number of benzene rings is 3. The standard InChI is InChI=1S/C46H44N10O6/c1-61-45(59)51-37(29-11-5-3-6-12-29)43(57)55-21-9-15-35(55)41-48-26-32-24-33(49-39(32)53-41)28-19-17-27(18-20-28)31-23-34-40(47-25-31)54-42(50-34)36-16-10-22-56(36)44(58)38(52-46(60)62-2)30-13-7-4-8-14-30/h3-8,11-14,17-20,23-26,35-38H,9-10,15-16,21-22H2,1-2H3,(H,51,59)(H,52,60)(H,47,50,54)(H,48,49,53)/t35?,36-,37+,38+/m0/s1. The largest absolute Gasteiger partial charge is 0.453 e. The minimum atomic E-state index is -0.916. The molecular weight excluding hydrogens is 789 g/mol. The first kappa shape index (κ1) is 39.8. The van der Waals surface area contributed by atoms with Crippen molar-refractivity contribution in [1.29, 1.82) is 0 Å². The molecule has 1 unspecified atom stereocenters. The molecule has 314 valence electrons. The smallest absolute Gasteiger partial charge is 0.407 e. The Hall–Kier alpha value is -7.62. The predicted molar refractivity (Wildman–Crippen MR) is 229 cm³/mol. The highest BCUT2D eigenvalue weighted by atomic mass is 16.5. The van der Waals surface area contributed by atoms with E-state index < -0.39 is 24.3 Å². The van der Waals surface area contributed by atoms with Crippen LogP contribution in [0.4, 0.5) is 9.59 Å². The number of aromatic nitrogens is 6. The van der Waals surface area contributed by atoms with E-state index in [9.17, 15) is 19.2 Å². The second-order valence-corrected chi connectivity index (χ2v) is 15.3. The highest BCUT2D eigenvalue weighted by Gasteiger charge is 2.39. The number of methoxy groups -OCH3 is 2. The third-order valence-corrected chi connectivity index (χ3v) is 11.6. The summed E-state index contributed by atoms with van der Waals surface area (Å²) in [5.74, 6) is 0.677. The van der Waals surface area contributed by atoms with Crippen LogP contribution in [0.2, 0.25) is 0 Å². The Labute approximate surface area is 356 Å². The number of nitrogens with one attached hydrogen (secondary N) is 4. The topological polar surface area (TPSA) is 200 Å². The molecule has 9 rings (SSSR count). The van der Waals surface area contributed by atoms with Crippen molar-refractivity contribution in [2.45, 2.75) is 49.9 Å². The minimum Gasteiger partial charge on any atom is -0.453 e. The van der Waals surface area contributed by atoms with Crippen molar-refractivity contribution < 1.29 is 28.7 Å². The lowest BCUT2D eigenvalue weighted by Gasteiger charge is -2.28. The maximum Gasteiger partial charge on any atom is 0.407 e. The van der Waals surface area contributed by atoms with Crippen LogP contribution in [0.25, 0.3) is 44.6 Å². The van der Waals surface area contributed by atoms with Gasteiger partial charge in [-0.2, -0.15) is 0 Å². The molecule has 0 radical (unpaired) electrons. The molecule has 2 aliphatic heterocycles. The first-order chi connectivity index (χ1) is 30.3. The normalized spacial score (nSPS) is 17.2. The Morgan fingerprint density at radius 3 is 1.85 bits per heavy atom. The number of hydrogen-bond donors (Lipinski definition) is 4. The molecule has 16 heteroatoms. The molecule has 4 amide bonds. The molecular formula is C46H44N10O6. The summed E-state index contributed by atoms with van der Waals surface area (Å²) in [7, 11) is 2.54. The van der Waals surface area contributed by atoms with E-state index >= 15 is 0 Å². The lowest BCUT2D eigenvalue weighted by Crippen LogP contribution is -2.43. The minimum absolute atomic E-state index is 0.239. The first-order valence-corrected chi connectivity index (χ1v) is 20.5. The number of fused-ring (bicyclic) bond motifs is 2. The Morgan fingerprint density at radius 1 is 0.661 bits per heavy atom. The number of nitrogens with zero attached hydrogens (tertiary/aromatic N) is 6. The molecule has 0 bridgehead atoms. The van der Waals surface area contributed by atoms with Gasteiger partial charge >= 0.3 is 12.2 Å². The number of alkyl carbamates (subject to hydrolysis) is 2. The van der Waals surface area contributed by atoms with E-state index in [0.29, 0.717) is 60.0 Å². The van der Waals surface area contributed by atoms with Gasteiger partial charge in [-0.25, -0.2) is 29.5 Å². The number of carbonyl (C=O) groups is 4. The van der Waals surface area contributed by atoms with Gasteiger partial charge in [-0.1, -0.05) is 84.9 Å². The van der Waals surface area contributed by atoms with Gasteiger partial charge in [0.15, 0.2) is 11.5 Å². The Balaban J connectivity index is 0.910. The number of amides is 4. The molecule has 0 spiro atoms. The number of H-pyrrole nitrogens is 2. The maximum absolute atomic E-state index is 14.0. The van der Waals surface area contributed by atoms with Gasteiger partial charge in [-0.15, -0.1) is 0 Å². The number of likely N-dealkylation sites (tertiary alicyclic amines) is 2. The summed E-state index contributed by atoms with van der Waals surface area (Å²) in [5.41, 5.74) is 6.93. The lowest BCUT2D eigenvalue weighted by atomic mass is 10.0. The van der Waals surface area contributed by atoms with Crippen LogP contribution in [0, 0.1) is 0 Å². The van der Waals surface area contributed by atoms with Gasteiger partial charge in [-0.05, 0) is 60.1 Å². The lowest BCUT2D eigenvalue weighted by molar-refractivity contribution is -0.135. The molecule has 16 nitrogen and oxygen atoms in total. The Kier molecular flexibility index (Phi) is 11.0. The fraction of sp³-hybridized carbons (Fsp3) is 0.261. The number of hydrogen-bond acceptors (Lipinski definition) is 10. The van der Waals surface area contributed by atoms with E-state index in [1.165, 1.54) is 14.2 Å². The zero-order valence-corrected chi connectivity index (χ0v) is 34.1. The first-order valence-electron chi connectivity index (χ1n) is 20.5. The summed E-state index contributed by atoms with van der Waals surface area (Å²) < 4.78 is 9.67. The van der Waals surface area contributed by atoms with E-state index in [2.05, 4.69) is 25.6 Å². The van der Waals surface area contributed by atoms with Crippen molar-refractivity contribution in [2.75, 3.05) is 27.3 Å². The third-order valence-electron chi connectivity index (χ3n) is 11.6. The van der Waals surface area contributed by atoms with Gasteiger partial charge in [0.05, 0.1) is 31.8 Å². The molecule has 0 saturated carbocycles. The molecule has 6 heterocycles. The quantitative estimate of drug-likeness (QED) is 0.110. The van der Waals surface area contributed by atoms with Crippen molar-refractivity contribution in [3.05, 3.63) is 132 Å². The monoisotopic (exact) mass is 832 g/mol. The molecule has 2 fully saturated rings. The van der Waals surface area contributed by atoms with Crippen LogP contribution < -0.4 is 10.6 Å². The van der Waals surface area contributed by atoms with Crippen LogP contribution in [-0.4, -0.2) is 91.0 Å². The molecule has 0 aliphatic carbocycles. The van der Waals surface area contributed by atoms with Crippen molar-refractivity contribution in [1.82, 2.24) is 50.3 Å². The van der Waals surface area contributed by atoms with Crippen LogP contribution in [-0.2, 0) is 19.1 Å². The predicted octanol–water partition coefficient (Wildman–Crippen LogP) is 7.08. The van der Waals surface area contributed by atoms with Crippen molar-refractivity contribution in [3.63, 3.8) is 0 Å². The number of carbonyl (C=O) groups excluding carboxylic acids is 4. The number of ether oxygens (including phenoxy) is 2. The van der Waals surface area contributed by atoms with Crippen LogP contribution >= 0.6 is 0 Å². The SMILES string of the molecule is COC(=O)N[C@@H](C(=O)N1CCCC1c1ncc2cc(-c3ccc(-c4cnc5nc([C@@H]6CCCN6C(=O)[C@H](NC(=O)OC)c6ccccc6)[nH]c5c4)cc3)[nH]c2n1)c1ccccc1. The number of pyridine rings is 1. The van der Waals surface area contributed by atoms with Gasteiger partial charge in [0.25, 0.3) is 11.8 Å². The van der Waals surface area contributed by atoms with E-state index in [4.69, 9.17) is 24.4 Å². The molecule has 3 aromatic carbocycles. The highest BCUT2D eigenvalue weighted by molar-refractivity contribution is 5.89. The van der Waals surface area contributed by atoms with Gasteiger partial charge in [-0.3, -0.25) is 9.59 Å². The average Bonchev–Trinajstić information content (AvgIpc) is 4.16. The molecule has 2 saturated heterocycles. The second kappa shape index (κ2) is 17.2. The molecule has 4 aromatic heterocycles. The van der Waals surface area contributed by atoms with Gasteiger partial charge in [0, 0.05) is 42.1 Å². The summed E-state index contributed by atoms with van der Waals surface area (Å²) in [6.45, 7) is 1.03. The molecule has 62 heavy (non-hydrogen) atoms. The van der Waals surface area contributed by atoms with Gasteiger partial charge < -0.3 is 39.9 Å². The maximum atomic E-state index is 14.0. The van der Waals surface area contributed by atoms with Crippen LogP contribution in [0.1, 0.15) is 72.6 Å². The summed E-state index contributed by atoms with van der Waals surface area (Å²) in [4.78, 5) is 81.9. The Morgan fingerprint density at radius 2 is 1.24 bits per heavy atom. The average molecular weight is 833 g/mol. The van der Waals surface area contributed by atoms with E-state index in [0.717, 1.165) is 46.1 Å². The molecule has 7 aromatic rings. The third kappa shape index (κ3) is 7.89. The fourth-order valence-corrected chi connectivity index (χ4v) is 8.49. The number of rotatable bonds is 10.